The van der Waals surface area contributed by atoms with E-state index in [-0.39, 0.29) is 23.9 Å². The highest BCUT2D eigenvalue weighted by Gasteiger charge is 2.16. The molecule has 0 aliphatic heterocycles. The van der Waals surface area contributed by atoms with Gasteiger partial charge in [0.25, 0.3) is 5.89 Å². The molecular weight excluding hydrogens is 215 g/mol. The lowest BCUT2D eigenvalue weighted by Crippen LogP contribution is -2.15. The molecule has 0 aromatic carbocycles. The number of aliphatic hydroxyl groups is 1. The molecule has 0 amide bonds. The third-order valence-corrected chi connectivity index (χ3v) is 1.97. The maximum Gasteiger partial charge on any atom is 0.261 e. The number of nitrogens with two attached hydrogens (primary N) is 1. The molecule has 0 aliphatic rings. The molecule has 1 unspecified atom stereocenters. The van der Waals surface area contributed by atoms with Gasteiger partial charge in [-0.1, -0.05) is 5.16 Å². The van der Waals surface area contributed by atoms with E-state index in [2.05, 4.69) is 15.1 Å². The van der Waals surface area contributed by atoms with Crippen LogP contribution < -0.4 is 5.73 Å². The van der Waals surface area contributed by atoms with Crippen molar-refractivity contribution >= 4 is 0 Å². The van der Waals surface area contributed by atoms with Crippen molar-refractivity contribution in [2.45, 2.75) is 6.04 Å². The van der Waals surface area contributed by atoms with Crippen molar-refractivity contribution in [2.75, 3.05) is 6.61 Å². The largest absolute Gasteiger partial charge is 0.394 e. The molecule has 0 saturated heterocycles. The Hall–Kier alpha value is -1.86. The molecule has 3 N–H and O–H groups in total. The highest BCUT2D eigenvalue weighted by atomic mass is 19.1. The van der Waals surface area contributed by atoms with Crippen molar-refractivity contribution in [1.29, 1.82) is 0 Å². The highest BCUT2D eigenvalue weighted by Crippen LogP contribution is 2.20. The van der Waals surface area contributed by atoms with Crippen LogP contribution in [0.15, 0.2) is 23.0 Å². The van der Waals surface area contributed by atoms with Gasteiger partial charge < -0.3 is 15.4 Å². The average Bonchev–Trinajstić information content (AvgIpc) is 2.78. The summed E-state index contributed by atoms with van der Waals surface area (Å²) in [6.07, 6.45) is 2.46. The van der Waals surface area contributed by atoms with Crippen LogP contribution in [0.5, 0.6) is 0 Å². The fourth-order valence-corrected chi connectivity index (χ4v) is 1.13. The monoisotopic (exact) mass is 224 g/mol. The Bertz CT molecular complexity index is 488. The smallest absolute Gasteiger partial charge is 0.261 e. The molecule has 7 heteroatoms. The first-order valence-corrected chi connectivity index (χ1v) is 4.52. The molecule has 0 radical (unpaired) electrons. The summed E-state index contributed by atoms with van der Waals surface area (Å²) in [6, 6.07) is 0.680. The maximum absolute atomic E-state index is 13.3. The molecule has 0 bridgehead atoms. The molecule has 0 saturated carbocycles. The molecular formula is C9H9FN4O2. The van der Waals surface area contributed by atoms with Crippen molar-refractivity contribution in [3.05, 3.63) is 30.1 Å². The van der Waals surface area contributed by atoms with E-state index in [0.717, 1.165) is 6.20 Å². The highest BCUT2D eigenvalue weighted by molar-refractivity contribution is 5.52. The zero-order valence-corrected chi connectivity index (χ0v) is 8.17. The number of pyridine rings is 1. The summed E-state index contributed by atoms with van der Waals surface area (Å²) in [5.74, 6) is -0.414. The molecule has 2 aromatic heterocycles. The Morgan fingerprint density at radius 3 is 3.06 bits per heavy atom. The lowest BCUT2D eigenvalue weighted by molar-refractivity contribution is 0.260. The second-order valence-electron chi connectivity index (χ2n) is 3.10. The second-order valence-corrected chi connectivity index (χ2v) is 3.10. The first kappa shape index (κ1) is 10.7. The number of aromatic nitrogens is 3. The quantitative estimate of drug-likeness (QED) is 0.776. The number of rotatable bonds is 3. The second kappa shape index (κ2) is 4.33. The normalized spacial score (nSPS) is 12.7. The number of hydrogen-bond acceptors (Lipinski definition) is 6. The number of aliphatic hydroxyl groups excluding tert-OH is 1. The van der Waals surface area contributed by atoms with Gasteiger partial charge in [0.1, 0.15) is 0 Å². The van der Waals surface area contributed by atoms with E-state index in [1.54, 1.807) is 0 Å². The summed E-state index contributed by atoms with van der Waals surface area (Å²) in [4.78, 5) is 7.48. The predicted octanol–water partition coefficient (Wildman–Crippen LogP) is 0.263. The minimum absolute atomic E-state index is 0.0128. The fraction of sp³-hybridized carbons (Fsp3) is 0.222. The third-order valence-electron chi connectivity index (χ3n) is 1.97. The number of halogens is 1. The summed E-state index contributed by atoms with van der Waals surface area (Å²) < 4.78 is 18.1. The van der Waals surface area contributed by atoms with E-state index in [0.29, 0.717) is 0 Å². The first-order valence-electron chi connectivity index (χ1n) is 4.52. The Balaban J connectivity index is 2.35. The van der Waals surface area contributed by atoms with E-state index in [9.17, 15) is 4.39 Å². The van der Waals surface area contributed by atoms with Crippen molar-refractivity contribution < 1.29 is 14.0 Å². The van der Waals surface area contributed by atoms with Crippen LogP contribution in [0, 0.1) is 5.82 Å². The van der Waals surface area contributed by atoms with Crippen molar-refractivity contribution in [3.63, 3.8) is 0 Å². The standard InChI is InChI=1S/C9H9FN4O2/c10-6-3-12-2-1-5(6)9-13-8(14-16-9)7(11)4-15/h1-3,7,15H,4,11H2. The SMILES string of the molecule is NC(CO)c1noc(-c2ccncc2F)n1. The van der Waals surface area contributed by atoms with Gasteiger partial charge in [0, 0.05) is 6.20 Å². The van der Waals surface area contributed by atoms with Gasteiger partial charge >= 0.3 is 0 Å². The summed E-state index contributed by atoms with van der Waals surface area (Å²) in [6.45, 7) is -0.308. The van der Waals surface area contributed by atoms with Crippen molar-refractivity contribution in [1.82, 2.24) is 15.1 Å². The minimum Gasteiger partial charge on any atom is -0.394 e. The third kappa shape index (κ3) is 1.90. The topological polar surface area (TPSA) is 98.1 Å². The van der Waals surface area contributed by atoms with Gasteiger partial charge in [0.2, 0.25) is 0 Å². The number of hydrogen-bond donors (Lipinski definition) is 2. The van der Waals surface area contributed by atoms with Gasteiger partial charge in [-0.25, -0.2) is 4.39 Å². The summed E-state index contributed by atoms with van der Waals surface area (Å²) in [5, 5.41) is 12.3. The summed E-state index contributed by atoms with van der Waals surface area (Å²) in [7, 11) is 0. The van der Waals surface area contributed by atoms with Crippen LogP contribution in [0.1, 0.15) is 11.9 Å². The molecule has 0 fully saturated rings. The van der Waals surface area contributed by atoms with Crippen LogP contribution in [0.3, 0.4) is 0 Å². The molecule has 2 rings (SSSR count). The van der Waals surface area contributed by atoms with E-state index >= 15 is 0 Å². The van der Waals surface area contributed by atoms with Gasteiger partial charge in [-0.3, -0.25) is 4.98 Å². The van der Waals surface area contributed by atoms with Crippen LogP contribution in [-0.4, -0.2) is 26.8 Å². The molecule has 0 spiro atoms. The number of nitrogens with zero attached hydrogens (tertiary/aromatic N) is 3. The Labute approximate surface area is 89.9 Å². The maximum atomic E-state index is 13.3. The zero-order valence-electron chi connectivity index (χ0n) is 8.17. The predicted molar refractivity (Wildman–Crippen MR) is 51.5 cm³/mol. The van der Waals surface area contributed by atoms with Gasteiger partial charge in [-0.15, -0.1) is 0 Å². The molecule has 0 aliphatic carbocycles. The van der Waals surface area contributed by atoms with Crippen LogP contribution in [-0.2, 0) is 0 Å². The van der Waals surface area contributed by atoms with Crippen molar-refractivity contribution in [2.24, 2.45) is 5.73 Å². The average molecular weight is 224 g/mol. The van der Waals surface area contributed by atoms with Gasteiger partial charge in [-0.2, -0.15) is 4.98 Å². The Morgan fingerprint density at radius 2 is 2.38 bits per heavy atom. The zero-order chi connectivity index (χ0) is 11.5. The van der Waals surface area contributed by atoms with Gasteiger partial charge in [-0.05, 0) is 6.07 Å². The molecule has 84 valence electrons. The fourth-order valence-electron chi connectivity index (χ4n) is 1.13. The molecule has 16 heavy (non-hydrogen) atoms. The summed E-state index contributed by atoms with van der Waals surface area (Å²) in [5.41, 5.74) is 5.63. The minimum atomic E-state index is -0.734. The Kier molecular flexibility index (Phi) is 2.88. The molecule has 2 heterocycles. The van der Waals surface area contributed by atoms with E-state index < -0.39 is 11.9 Å². The van der Waals surface area contributed by atoms with E-state index in [1.807, 2.05) is 0 Å². The van der Waals surface area contributed by atoms with Crippen LogP contribution in [0.25, 0.3) is 11.5 Å². The Morgan fingerprint density at radius 1 is 1.56 bits per heavy atom. The van der Waals surface area contributed by atoms with Crippen LogP contribution in [0.4, 0.5) is 4.39 Å². The van der Waals surface area contributed by atoms with Crippen LogP contribution >= 0.6 is 0 Å². The van der Waals surface area contributed by atoms with Gasteiger partial charge in [0.05, 0.1) is 24.4 Å². The summed E-state index contributed by atoms with van der Waals surface area (Å²) >= 11 is 0. The van der Waals surface area contributed by atoms with E-state index in [1.165, 1.54) is 12.3 Å². The van der Waals surface area contributed by atoms with E-state index in [4.69, 9.17) is 15.4 Å². The molecule has 1 atom stereocenters. The lowest BCUT2D eigenvalue weighted by Gasteiger charge is -1.98. The van der Waals surface area contributed by atoms with Crippen molar-refractivity contribution in [3.8, 4) is 11.5 Å². The van der Waals surface area contributed by atoms with Gasteiger partial charge in [0.15, 0.2) is 11.6 Å². The molecule has 6 nitrogen and oxygen atoms in total. The lowest BCUT2D eigenvalue weighted by atomic mass is 10.2. The van der Waals surface area contributed by atoms with Crippen LogP contribution in [0.2, 0.25) is 0 Å². The first-order chi connectivity index (χ1) is 7.72. The molecule has 2 aromatic rings.